The normalized spacial score (nSPS) is 11.3. The molecule has 4 N–H and O–H groups in total. The van der Waals surface area contributed by atoms with Gasteiger partial charge < -0.3 is 15.3 Å². The molecule has 1 amide bonds. The molecule has 0 aliphatic carbocycles. The van der Waals surface area contributed by atoms with Crippen LogP contribution in [0, 0.1) is 13.8 Å². The number of benzene rings is 2. The predicted molar refractivity (Wildman–Crippen MR) is 87.0 cm³/mol. The topological polar surface area (TPSA) is 102 Å². The van der Waals surface area contributed by atoms with Gasteiger partial charge in [0.15, 0.2) is 17.2 Å². The van der Waals surface area contributed by atoms with Gasteiger partial charge in [0, 0.05) is 5.56 Å². The Morgan fingerprint density at radius 1 is 0.957 bits per heavy atom. The van der Waals surface area contributed by atoms with Crippen LogP contribution in [0.15, 0.2) is 35.4 Å². The number of rotatable bonds is 3. The molecule has 0 saturated carbocycles. The summed E-state index contributed by atoms with van der Waals surface area (Å²) in [5.41, 5.74) is 6.12. The largest absolute Gasteiger partial charge is 0.504 e. The lowest BCUT2D eigenvalue weighted by atomic mass is 10.0. The van der Waals surface area contributed by atoms with E-state index >= 15 is 0 Å². The molecule has 0 bridgehead atoms. The molecule has 2 rings (SSSR count). The van der Waals surface area contributed by atoms with Gasteiger partial charge in [0.25, 0.3) is 5.91 Å². The summed E-state index contributed by atoms with van der Waals surface area (Å²) in [6.45, 7) is 5.76. The third-order valence-corrected chi connectivity index (χ3v) is 3.58. The van der Waals surface area contributed by atoms with E-state index in [-0.39, 0.29) is 5.56 Å². The third kappa shape index (κ3) is 3.60. The number of hydrogen-bond acceptors (Lipinski definition) is 5. The number of amides is 1. The Morgan fingerprint density at radius 3 is 2.13 bits per heavy atom. The maximum Gasteiger partial charge on any atom is 0.271 e. The molecular weight excluding hydrogens is 296 g/mol. The van der Waals surface area contributed by atoms with E-state index in [1.54, 1.807) is 6.92 Å². The molecule has 6 heteroatoms. The first-order valence-electron chi connectivity index (χ1n) is 6.96. The molecule has 0 heterocycles. The number of hydrogen-bond donors (Lipinski definition) is 4. The van der Waals surface area contributed by atoms with Crippen molar-refractivity contribution in [2.45, 2.75) is 20.8 Å². The molecule has 0 atom stereocenters. The Balaban J connectivity index is 2.18. The maximum absolute atomic E-state index is 12.0. The minimum absolute atomic E-state index is 0.0190. The highest BCUT2D eigenvalue weighted by atomic mass is 16.3. The van der Waals surface area contributed by atoms with Crippen molar-refractivity contribution in [2.24, 2.45) is 5.10 Å². The van der Waals surface area contributed by atoms with Crippen molar-refractivity contribution < 1.29 is 20.1 Å². The number of carbonyl (C=O) groups is 1. The number of aromatic hydroxyl groups is 3. The molecule has 6 nitrogen and oxygen atoms in total. The molecule has 2 aromatic carbocycles. The van der Waals surface area contributed by atoms with Crippen LogP contribution in [0.5, 0.6) is 17.2 Å². The minimum Gasteiger partial charge on any atom is -0.504 e. The lowest BCUT2D eigenvalue weighted by Crippen LogP contribution is -2.19. The summed E-state index contributed by atoms with van der Waals surface area (Å²) in [6, 6.07) is 7.95. The molecule has 0 aliphatic heterocycles. The first-order valence-corrected chi connectivity index (χ1v) is 6.96. The lowest BCUT2D eigenvalue weighted by molar-refractivity contribution is 0.0954. The van der Waals surface area contributed by atoms with E-state index in [1.807, 2.05) is 32.0 Å². The summed E-state index contributed by atoms with van der Waals surface area (Å²) in [5.74, 6) is -2.44. The van der Waals surface area contributed by atoms with Gasteiger partial charge >= 0.3 is 0 Å². The van der Waals surface area contributed by atoms with E-state index in [1.165, 1.54) is 5.56 Å². The smallest absolute Gasteiger partial charge is 0.271 e. The molecule has 0 spiro atoms. The Kier molecular flexibility index (Phi) is 4.55. The number of phenolic OH excluding ortho intramolecular Hbond substituents is 3. The van der Waals surface area contributed by atoms with Crippen LogP contribution in [0.4, 0.5) is 0 Å². The van der Waals surface area contributed by atoms with E-state index < -0.39 is 23.2 Å². The van der Waals surface area contributed by atoms with Gasteiger partial charge in [-0.15, -0.1) is 0 Å². The Morgan fingerprint density at radius 2 is 1.57 bits per heavy atom. The van der Waals surface area contributed by atoms with Gasteiger partial charge in [-0.3, -0.25) is 4.79 Å². The Bertz CT molecular complexity index is 774. The van der Waals surface area contributed by atoms with Gasteiger partial charge in [-0.2, -0.15) is 5.10 Å². The molecule has 0 aromatic heterocycles. The average Bonchev–Trinajstić information content (AvgIpc) is 2.52. The highest BCUT2D eigenvalue weighted by Gasteiger charge is 2.13. The molecular formula is C17H18N2O4. The van der Waals surface area contributed by atoms with E-state index in [4.69, 9.17) is 0 Å². The van der Waals surface area contributed by atoms with Crippen molar-refractivity contribution in [3.63, 3.8) is 0 Å². The van der Waals surface area contributed by atoms with Crippen molar-refractivity contribution >= 4 is 11.6 Å². The number of carbonyl (C=O) groups excluding carboxylic acids is 1. The molecule has 120 valence electrons. The van der Waals surface area contributed by atoms with Crippen LogP contribution >= 0.6 is 0 Å². The second-order valence-electron chi connectivity index (χ2n) is 5.30. The van der Waals surface area contributed by atoms with Crippen molar-refractivity contribution in [2.75, 3.05) is 0 Å². The van der Waals surface area contributed by atoms with Gasteiger partial charge in [-0.05, 0) is 55.7 Å². The van der Waals surface area contributed by atoms with Gasteiger partial charge in [0.05, 0.1) is 5.71 Å². The second-order valence-corrected chi connectivity index (χ2v) is 5.30. The zero-order valence-corrected chi connectivity index (χ0v) is 13.1. The van der Waals surface area contributed by atoms with Crippen LogP contribution in [0.2, 0.25) is 0 Å². The zero-order chi connectivity index (χ0) is 17.1. The van der Waals surface area contributed by atoms with Crippen molar-refractivity contribution in [1.82, 2.24) is 5.43 Å². The first kappa shape index (κ1) is 16.4. The highest BCUT2D eigenvalue weighted by Crippen LogP contribution is 2.35. The van der Waals surface area contributed by atoms with Crippen LogP contribution in [-0.4, -0.2) is 26.9 Å². The number of phenols is 3. The number of nitrogens with one attached hydrogen (secondary N) is 1. The second kappa shape index (κ2) is 6.39. The quantitative estimate of drug-likeness (QED) is 0.397. The molecule has 2 aromatic rings. The van der Waals surface area contributed by atoms with Gasteiger partial charge in [-0.25, -0.2) is 5.43 Å². The van der Waals surface area contributed by atoms with Gasteiger partial charge in [0.2, 0.25) is 0 Å². The number of nitrogens with zero attached hydrogens (tertiary/aromatic N) is 1. The predicted octanol–water partition coefficient (Wildman–Crippen LogP) is 2.57. The van der Waals surface area contributed by atoms with Crippen LogP contribution in [-0.2, 0) is 0 Å². The van der Waals surface area contributed by atoms with Crippen LogP contribution in [0.3, 0.4) is 0 Å². The Labute approximate surface area is 133 Å². The van der Waals surface area contributed by atoms with Crippen LogP contribution in [0.25, 0.3) is 0 Å². The summed E-state index contributed by atoms with van der Waals surface area (Å²) >= 11 is 0. The summed E-state index contributed by atoms with van der Waals surface area (Å²) in [4.78, 5) is 12.0. The monoisotopic (exact) mass is 314 g/mol. The molecule has 0 unspecified atom stereocenters. The molecule has 23 heavy (non-hydrogen) atoms. The minimum atomic E-state index is -0.670. The van der Waals surface area contributed by atoms with Crippen molar-refractivity contribution in [3.8, 4) is 17.2 Å². The van der Waals surface area contributed by atoms with Gasteiger partial charge in [-0.1, -0.05) is 12.1 Å². The summed E-state index contributed by atoms with van der Waals surface area (Å²) in [6.07, 6.45) is 0. The Hall–Kier alpha value is -3.02. The zero-order valence-electron chi connectivity index (χ0n) is 13.1. The number of aryl methyl sites for hydroxylation is 2. The fourth-order valence-corrected chi connectivity index (χ4v) is 1.97. The van der Waals surface area contributed by atoms with Crippen molar-refractivity contribution in [1.29, 1.82) is 0 Å². The van der Waals surface area contributed by atoms with Crippen LogP contribution in [0.1, 0.15) is 34.0 Å². The van der Waals surface area contributed by atoms with E-state index in [0.29, 0.717) is 5.71 Å². The average molecular weight is 314 g/mol. The summed E-state index contributed by atoms with van der Waals surface area (Å²) in [7, 11) is 0. The number of hydrazone groups is 1. The molecule has 0 aliphatic rings. The standard InChI is InChI=1S/C17H18N2O4/c1-9-4-5-12(6-10(9)2)11(3)18-19-17(23)13-7-14(20)16(22)15(21)8-13/h4-8,20-22H,1-3H3,(H,19,23)/b18-11+. The van der Waals surface area contributed by atoms with E-state index in [9.17, 15) is 20.1 Å². The van der Waals surface area contributed by atoms with Gasteiger partial charge in [0.1, 0.15) is 0 Å². The maximum atomic E-state index is 12.0. The fourth-order valence-electron chi connectivity index (χ4n) is 1.97. The summed E-state index contributed by atoms with van der Waals surface area (Å²) in [5, 5.41) is 32.1. The third-order valence-electron chi connectivity index (χ3n) is 3.58. The highest BCUT2D eigenvalue weighted by molar-refractivity contribution is 6.01. The fraction of sp³-hybridized carbons (Fsp3) is 0.176. The van der Waals surface area contributed by atoms with E-state index in [0.717, 1.165) is 23.3 Å². The summed E-state index contributed by atoms with van der Waals surface area (Å²) < 4.78 is 0. The van der Waals surface area contributed by atoms with E-state index in [2.05, 4.69) is 10.5 Å². The molecule has 0 saturated heterocycles. The van der Waals surface area contributed by atoms with Crippen molar-refractivity contribution in [3.05, 3.63) is 52.6 Å². The van der Waals surface area contributed by atoms with Crippen LogP contribution < -0.4 is 5.43 Å². The molecule has 0 radical (unpaired) electrons. The SMILES string of the molecule is C/C(=N\NC(=O)c1cc(O)c(O)c(O)c1)c1ccc(C)c(C)c1. The molecule has 0 fully saturated rings. The first-order chi connectivity index (χ1) is 10.8. The lowest BCUT2D eigenvalue weighted by Gasteiger charge is -2.07.